The molecule has 0 unspecified atom stereocenters. The van der Waals surface area contributed by atoms with Gasteiger partial charge >= 0.3 is 0 Å². The van der Waals surface area contributed by atoms with Crippen LogP contribution < -0.4 is 10.1 Å². The van der Waals surface area contributed by atoms with Crippen LogP contribution in [0.15, 0.2) is 34.1 Å². The summed E-state index contributed by atoms with van der Waals surface area (Å²) in [5.41, 5.74) is 1.90. The van der Waals surface area contributed by atoms with Crippen LogP contribution in [0.4, 0.5) is 5.69 Å². The second kappa shape index (κ2) is 5.54. The van der Waals surface area contributed by atoms with Gasteiger partial charge in [0.25, 0.3) is 5.91 Å². The molecule has 0 radical (unpaired) electrons. The Morgan fingerprint density at radius 1 is 1.39 bits per heavy atom. The van der Waals surface area contributed by atoms with Gasteiger partial charge in [-0.1, -0.05) is 22.0 Å². The van der Waals surface area contributed by atoms with E-state index in [0.717, 1.165) is 15.7 Å². The normalized spacial score (nSPS) is 10.2. The molecule has 1 amide bonds. The number of rotatable bonds is 3. The zero-order valence-electron chi connectivity index (χ0n) is 9.99. The fraction of sp³-hybridized carbons (Fsp3) is 0.154. The molecule has 1 N–H and O–H groups in total. The minimum Gasteiger partial charge on any atom is -0.496 e. The second-order valence-electron chi connectivity index (χ2n) is 3.77. The molecule has 0 atom stereocenters. The molecule has 0 spiro atoms. The number of hydrogen-bond donors (Lipinski definition) is 1. The number of aryl methyl sites for hydroxylation is 1. The van der Waals surface area contributed by atoms with Gasteiger partial charge in [0.1, 0.15) is 5.75 Å². The Morgan fingerprint density at radius 3 is 2.78 bits per heavy atom. The number of hydrogen-bond acceptors (Lipinski definition) is 3. The van der Waals surface area contributed by atoms with Crippen LogP contribution in [0.25, 0.3) is 0 Å². The number of carbonyl (C=O) groups is 1. The molecule has 0 bridgehead atoms. The highest BCUT2D eigenvalue weighted by Gasteiger charge is 2.10. The van der Waals surface area contributed by atoms with Gasteiger partial charge in [-0.25, -0.2) is 0 Å². The lowest BCUT2D eigenvalue weighted by Gasteiger charge is -2.05. The SMILES string of the molecule is COc1csc(C(=O)Nc2ccc(C)c(Br)c2)c1. The summed E-state index contributed by atoms with van der Waals surface area (Å²) in [6, 6.07) is 7.44. The summed E-state index contributed by atoms with van der Waals surface area (Å²) < 4.78 is 6.03. The van der Waals surface area contributed by atoms with Crippen molar-refractivity contribution < 1.29 is 9.53 Å². The minimum absolute atomic E-state index is 0.126. The lowest BCUT2D eigenvalue weighted by molar-refractivity contribution is 0.103. The van der Waals surface area contributed by atoms with E-state index in [1.807, 2.05) is 25.1 Å². The van der Waals surface area contributed by atoms with Gasteiger partial charge in [0.2, 0.25) is 0 Å². The van der Waals surface area contributed by atoms with E-state index in [-0.39, 0.29) is 5.91 Å². The summed E-state index contributed by atoms with van der Waals surface area (Å²) in [4.78, 5) is 12.6. The lowest BCUT2D eigenvalue weighted by atomic mass is 10.2. The third-order valence-electron chi connectivity index (χ3n) is 2.46. The van der Waals surface area contributed by atoms with Crippen molar-refractivity contribution in [2.24, 2.45) is 0 Å². The molecule has 18 heavy (non-hydrogen) atoms. The maximum absolute atomic E-state index is 12.0. The van der Waals surface area contributed by atoms with Crippen LogP contribution in [0.3, 0.4) is 0 Å². The number of nitrogens with one attached hydrogen (secondary N) is 1. The number of carbonyl (C=O) groups excluding carboxylic acids is 1. The number of anilines is 1. The van der Waals surface area contributed by atoms with E-state index in [4.69, 9.17) is 4.74 Å². The summed E-state index contributed by atoms with van der Waals surface area (Å²) in [5.74, 6) is 0.578. The molecular formula is C13H12BrNO2S. The first kappa shape index (κ1) is 13.1. The van der Waals surface area contributed by atoms with Crippen molar-refractivity contribution in [1.29, 1.82) is 0 Å². The van der Waals surface area contributed by atoms with Gasteiger partial charge in [-0.05, 0) is 24.6 Å². The van der Waals surface area contributed by atoms with Crippen LogP contribution in [0.1, 0.15) is 15.2 Å². The average molecular weight is 326 g/mol. The van der Waals surface area contributed by atoms with Crippen molar-refractivity contribution in [3.63, 3.8) is 0 Å². The molecule has 3 nitrogen and oxygen atoms in total. The lowest BCUT2D eigenvalue weighted by Crippen LogP contribution is -2.10. The maximum Gasteiger partial charge on any atom is 0.265 e. The van der Waals surface area contributed by atoms with E-state index in [9.17, 15) is 4.79 Å². The maximum atomic E-state index is 12.0. The predicted molar refractivity (Wildman–Crippen MR) is 77.7 cm³/mol. The van der Waals surface area contributed by atoms with E-state index in [1.54, 1.807) is 18.6 Å². The molecule has 2 rings (SSSR count). The summed E-state index contributed by atoms with van der Waals surface area (Å²) in [7, 11) is 1.58. The monoisotopic (exact) mass is 325 g/mol. The van der Waals surface area contributed by atoms with E-state index < -0.39 is 0 Å². The number of ether oxygens (including phenoxy) is 1. The van der Waals surface area contributed by atoms with Crippen molar-refractivity contribution in [3.05, 3.63) is 44.6 Å². The smallest absolute Gasteiger partial charge is 0.265 e. The van der Waals surface area contributed by atoms with Crippen molar-refractivity contribution in [1.82, 2.24) is 0 Å². The second-order valence-corrected chi connectivity index (χ2v) is 5.53. The molecule has 0 aliphatic rings. The van der Waals surface area contributed by atoms with Crippen LogP contribution in [0, 0.1) is 6.92 Å². The van der Waals surface area contributed by atoms with Gasteiger partial charge in [0, 0.05) is 21.6 Å². The van der Waals surface area contributed by atoms with Gasteiger partial charge in [-0.2, -0.15) is 0 Å². The van der Waals surface area contributed by atoms with Crippen LogP contribution in [0.5, 0.6) is 5.75 Å². The molecule has 1 aromatic heterocycles. The van der Waals surface area contributed by atoms with E-state index in [2.05, 4.69) is 21.2 Å². The fourth-order valence-corrected chi connectivity index (χ4v) is 2.54. The summed E-state index contributed by atoms with van der Waals surface area (Å²) >= 11 is 4.80. The van der Waals surface area contributed by atoms with E-state index >= 15 is 0 Å². The largest absolute Gasteiger partial charge is 0.496 e. The highest BCUT2D eigenvalue weighted by atomic mass is 79.9. The number of benzene rings is 1. The molecule has 0 aliphatic carbocycles. The summed E-state index contributed by atoms with van der Waals surface area (Å²) in [6.07, 6.45) is 0. The predicted octanol–water partition coefficient (Wildman–Crippen LogP) is 4.08. The van der Waals surface area contributed by atoms with Crippen LogP contribution in [-0.4, -0.2) is 13.0 Å². The van der Waals surface area contributed by atoms with Crippen molar-refractivity contribution >= 4 is 38.9 Å². The number of amides is 1. The Hall–Kier alpha value is -1.33. The van der Waals surface area contributed by atoms with Gasteiger partial charge in [-0.3, -0.25) is 4.79 Å². The number of methoxy groups -OCH3 is 1. The van der Waals surface area contributed by atoms with E-state index in [1.165, 1.54) is 11.3 Å². The third kappa shape index (κ3) is 2.91. The zero-order chi connectivity index (χ0) is 13.1. The van der Waals surface area contributed by atoms with Crippen LogP contribution in [-0.2, 0) is 0 Å². The van der Waals surface area contributed by atoms with Crippen LogP contribution in [0.2, 0.25) is 0 Å². The molecule has 0 saturated heterocycles. The van der Waals surface area contributed by atoms with E-state index in [0.29, 0.717) is 10.6 Å². The van der Waals surface area contributed by atoms with Gasteiger partial charge in [0.15, 0.2) is 0 Å². The first-order valence-electron chi connectivity index (χ1n) is 5.30. The highest BCUT2D eigenvalue weighted by Crippen LogP contribution is 2.24. The molecule has 0 fully saturated rings. The molecule has 1 heterocycles. The first-order valence-corrected chi connectivity index (χ1v) is 6.97. The van der Waals surface area contributed by atoms with Crippen molar-refractivity contribution in [3.8, 4) is 5.75 Å². The van der Waals surface area contributed by atoms with Crippen molar-refractivity contribution in [2.75, 3.05) is 12.4 Å². The van der Waals surface area contributed by atoms with Gasteiger partial charge < -0.3 is 10.1 Å². The average Bonchev–Trinajstić information content (AvgIpc) is 2.82. The Kier molecular flexibility index (Phi) is 4.04. The molecule has 2 aromatic rings. The summed E-state index contributed by atoms with van der Waals surface area (Å²) in [5, 5.41) is 4.66. The minimum atomic E-state index is -0.126. The molecule has 0 aliphatic heterocycles. The molecule has 5 heteroatoms. The van der Waals surface area contributed by atoms with Crippen molar-refractivity contribution in [2.45, 2.75) is 6.92 Å². The molecule has 0 saturated carbocycles. The number of halogens is 1. The zero-order valence-corrected chi connectivity index (χ0v) is 12.4. The number of thiophene rings is 1. The van der Waals surface area contributed by atoms with Gasteiger partial charge in [-0.15, -0.1) is 11.3 Å². The first-order chi connectivity index (χ1) is 8.60. The molecule has 1 aromatic carbocycles. The summed E-state index contributed by atoms with van der Waals surface area (Å²) in [6.45, 7) is 2.00. The Bertz CT molecular complexity index is 580. The standard InChI is InChI=1S/C13H12BrNO2S/c1-8-3-4-9(5-11(8)14)15-13(16)12-6-10(17-2)7-18-12/h3-7H,1-2H3,(H,15,16). The Balaban J connectivity index is 2.13. The fourth-order valence-electron chi connectivity index (χ4n) is 1.41. The van der Waals surface area contributed by atoms with Gasteiger partial charge in [0.05, 0.1) is 12.0 Å². The quantitative estimate of drug-likeness (QED) is 0.923. The Labute approximate surface area is 118 Å². The molecular weight excluding hydrogens is 314 g/mol. The highest BCUT2D eigenvalue weighted by molar-refractivity contribution is 9.10. The topological polar surface area (TPSA) is 38.3 Å². The Morgan fingerprint density at radius 2 is 2.17 bits per heavy atom. The van der Waals surface area contributed by atoms with Crippen LogP contribution >= 0.6 is 27.3 Å². The molecule has 94 valence electrons. The third-order valence-corrected chi connectivity index (χ3v) is 4.23.